The molecule has 0 saturated heterocycles. The van der Waals surface area contributed by atoms with Gasteiger partial charge >= 0.3 is 0 Å². The first-order valence-electron chi connectivity index (χ1n) is 15.5. The molecule has 0 aliphatic carbocycles. The maximum absolute atomic E-state index is 14.6. The minimum absolute atomic E-state index is 0.0278. The molecule has 1 N–H and O–H groups in total. The van der Waals surface area contributed by atoms with Gasteiger partial charge in [0.15, 0.2) is 11.5 Å². The fraction of sp³-hybridized carbons (Fsp3) is 0.278. The van der Waals surface area contributed by atoms with Gasteiger partial charge in [-0.15, -0.1) is 0 Å². The van der Waals surface area contributed by atoms with Gasteiger partial charge in [-0.3, -0.25) is 13.9 Å². The Bertz CT molecular complexity index is 1820. The van der Waals surface area contributed by atoms with E-state index < -0.39 is 34.3 Å². The monoisotopic (exact) mass is 737 g/mol. The highest BCUT2D eigenvalue weighted by atomic mass is 79.9. The fourth-order valence-corrected chi connectivity index (χ4v) is 6.90. The highest BCUT2D eigenvalue weighted by molar-refractivity contribution is 9.10. The molecule has 1 aliphatic rings. The number of rotatable bonds is 13. The molecule has 1 unspecified atom stereocenters. The van der Waals surface area contributed by atoms with Crippen LogP contribution >= 0.6 is 15.9 Å². The highest BCUT2D eigenvalue weighted by Crippen LogP contribution is 2.34. The largest absolute Gasteiger partial charge is 0.486 e. The number of nitrogens with one attached hydrogen (secondary N) is 1. The molecule has 0 fully saturated rings. The average molecular weight is 739 g/mol. The number of ether oxygens (including phenoxy) is 2. The number of hydrogen-bond donors (Lipinski definition) is 1. The van der Waals surface area contributed by atoms with E-state index in [1.54, 1.807) is 0 Å². The molecule has 9 nitrogen and oxygen atoms in total. The van der Waals surface area contributed by atoms with Crippen LogP contribution in [0, 0.1) is 11.7 Å². The number of hydrogen-bond acceptors (Lipinski definition) is 6. The van der Waals surface area contributed by atoms with E-state index in [1.165, 1.54) is 35.2 Å². The molecule has 0 spiro atoms. The van der Waals surface area contributed by atoms with Crippen LogP contribution in [0.2, 0.25) is 0 Å². The molecule has 0 bridgehead atoms. The van der Waals surface area contributed by atoms with Crippen LogP contribution in [0.25, 0.3) is 0 Å². The van der Waals surface area contributed by atoms with Crippen LogP contribution < -0.4 is 19.1 Å². The molecule has 2 amide bonds. The summed E-state index contributed by atoms with van der Waals surface area (Å²) in [6, 6.07) is 24.8. The van der Waals surface area contributed by atoms with E-state index in [4.69, 9.17) is 9.47 Å². The SMILES string of the molecule is CC(C)CNC(=O)C(Cc1ccccc1)N(Cc1ccc(Br)cc1)C(=O)CN(c1ccc(F)cc1)S(=O)(=O)c1ccc2c(c1)OCCO2. The molecular formula is C36H37BrFN3O6S. The molecule has 1 aliphatic heterocycles. The molecular weight excluding hydrogens is 701 g/mol. The lowest BCUT2D eigenvalue weighted by molar-refractivity contribution is -0.140. The summed E-state index contributed by atoms with van der Waals surface area (Å²) in [6.07, 6.45) is 0.193. The van der Waals surface area contributed by atoms with E-state index in [0.717, 1.165) is 32.0 Å². The Kier molecular flexibility index (Phi) is 11.4. The summed E-state index contributed by atoms with van der Waals surface area (Å²) in [6.45, 7) is 4.29. The minimum atomic E-state index is -4.41. The maximum atomic E-state index is 14.6. The van der Waals surface area contributed by atoms with Crippen LogP contribution in [0.5, 0.6) is 11.5 Å². The zero-order valence-electron chi connectivity index (χ0n) is 26.6. The summed E-state index contributed by atoms with van der Waals surface area (Å²) in [5.41, 5.74) is 1.64. The smallest absolute Gasteiger partial charge is 0.264 e. The second kappa shape index (κ2) is 15.7. The maximum Gasteiger partial charge on any atom is 0.264 e. The first kappa shape index (κ1) is 34.9. The van der Waals surface area contributed by atoms with Crippen LogP contribution in [0.1, 0.15) is 25.0 Å². The quantitative estimate of drug-likeness (QED) is 0.182. The Hall–Kier alpha value is -4.42. The van der Waals surface area contributed by atoms with Crippen molar-refractivity contribution in [3.05, 3.63) is 118 Å². The van der Waals surface area contributed by atoms with E-state index in [0.29, 0.717) is 18.9 Å². The minimum Gasteiger partial charge on any atom is -0.486 e. The van der Waals surface area contributed by atoms with E-state index in [9.17, 15) is 22.4 Å². The first-order valence-corrected chi connectivity index (χ1v) is 17.8. The van der Waals surface area contributed by atoms with Gasteiger partial charge in [-0.25, -0.2) is 12.8 Å². The van der Waals surface area contributed by atoms with Crippen molar-refractivity contribution in [2.24, 2.45) is 5.92 Å². The molecule has 1 atom stereocenters. The number of carbonyl (C=O) groups is 2. The van der Waals surface area contributed by atoms with Crippen LogP contribution in [0.4, 0.5) is 10.1 Å². The number of anilines is 1. The van der Waals surface area contributed by atoms with Gasteiger partial charge in [0, 0.05) is 30.0 Å². The summed E-state index contributed by atoms with van der Waals surface area (Å²) in [4.78, 5) is 29.7. The number of amides is 2. The zero-order valence-corrected chi connectivity index (χ0v) is 29.0. The predicted molar refractivity (Wildman–Crippen MR) is 185 cm³/mol. The molecule has 5 rings (SSSR count). The number of nitrogens with zero attached hydrogens (tertiary/aromatic N) is 2. The lowest BCUT2D eigenvalue weighted by Gasteiger charge is -2.34. The van der Waals surface area contributed by atoms with Crippen molar-refractivity contribution in [2.45, 2.75) is 37.8 Å². The molecule has 48 heavy (non-hydrogen) atoms. The summed E-state index contributed by atoms with van der Waals surface area (Å²) < 4.78 is 55.6. The Morgan fingerprint density at radius 2 is 1.54 bits per heavy atom. The van der Waals surface area contributed by atoms with Gasteiger partial charge in [0.25, 0.3) is 10.0 Å². The van der Waals surface area contributed by atoms with Crippen molar-refractivity contribution in [1.29, 1.82) is 0 Å². The van der Waals surface area contributed by atoms with Crippen molar-refractivity contribution in [3.8, 4) is 11.5 Å². The van der Waals surface area contributed by atoms with Crippen molar-refractivity contribution >= 4 is 43.5 Å². The van der Waals surface area contributed by atoms with E-state index in [1.807, 2.05) is 68.4 Å². The van der Waals surface area contributed by atoms with Crippen LogP contribution in [-0.2, 0) is 32.6 Å². The Morgan fingerprint density at radius 1 is 0.875 bits per heavy atom. The first-order chi connectivity index (χ1) is 23.0. The van der Waals surface area contributed by atoms with Gasteiger partial charge in [0.2, 0.25) is 11.8 Å². The van der Waals surface area contributed by atoms with Crippen molar-refractivity contribution in [1.82, 2.24) is 10.2 Å². The van der Waals surface area contributed by atoms with Crippen LogP contribution in [-0.4, -0.2) is 57.5 Å². The van der Waals surface area contributed by atoms with E-state index in [2.05, 4.69) is 21.2 Å². The molecule has 12 heteroatoms. The predicted octanol–water partition coefficient (Wildman–Crippen LogP) is 5.97. The second-order valence-corrected chi connectivity index (χ2v) is 14.6. The van der Waals surface area contributed by atoms with Crippen LogP contribution in [0.15, 0.2) is 106 Å². The van der Waals surface area contributed by atoms with Gasteiger partial charge in [-0.2, -0.15) is 0 Å². The van der Waals surface area contributed by atoms with E-state index >= 15 is 0 Å². The molecule has 0 radical (unpaired) electrons. The topological polar surface area (TPSA) is 105 Å². The van der Waals surface area contributed by atoms with Gasteiger partial charge in [-0.1, -0.05) is 72.2 Å². The van der Waals surface area contributed by atoms with Crippen molar-refractivity contribution < 1.29 is 31.9 Å². The summed E-state index contributed by atoms with van der Waals surface area (Å²) in [5, 5.41) is 2.97. The molecule has 0 aromatic heterocycles. The number of benzene rings is 4. The standard InChI is InChI=1S/C36H37BrFN3O6S/c1-25(2)22-39-36(43)32(20-26-6-4-3-5-7-26)40(23-27-8-10-28(37)11-9-27)35(42)24-41(30-14-12-29(38)13-15-30)48(44,45)31-16-17-33-34(21-31)47-19-18-46-33/h3-17,21,25,32H,18-20,22-24H2,1-2H3,(H,39,43). The van der Waals surface area contributed by atoms with Crippen molar-refractivity contribution in [3.63, 3.8) is 0 Å². The molecule has 4 aromatic rings. The van der Waals surface area contributed by atoms with Gasteiger partial charge < -0.3 is 19.7 Å². The Balaban J connectivity index is 1.56. The van der Waals surface area contributed by atoms with Gasteiger partial charge in [-0.05, 0) is 65.6 Å². The summed E-state index contributed by atoms with van der Waals surface area (Å²) in [5.74, 6) is -0.726. The molecule has 252 valence electrons. The summed E-state index contributed by atoms with van der Waals surface area (Å²) >= 11 is 3.44. The lowest BCUT2D eigenvalue weighted by atomic mass is 10.0. The highest BCUT2D eigenvalue weighted by Gasteiger charge is 2.35. The fourth-order valence-electron chi connectivity index (χ4n) is 5.21. The lowest BCUT2D eigenvalue weighted by Crippen LogP contribution is -2.53. The van der Waals surface area contributed by atoms with Crippen LogP contribution in [0.3, 0.4) is 0 Å². The third-order valence-electron chi connectivity index (χ3n) is 7.72. The summed E-state index contributed by atoms with van der Waals surface area (Å²) in [7, 11) is -4.41. The Labute approximate surface area is 288 Å². The third-order valence-corrected chi connectivity index (χ3v) is 10.0. The second-order valence-electron chi connectivity index (χ2n) is 11.8. The average Bonchev–Trinajstić information content (AvgIpc) is 3.09. The normalized spacial score (nSPS) is 13.1. The Morgan fingerprint density at radius 3 is 2.21 bits per heavy atom. The number of carbonyl (C=O) groups excluding carboxylic acids is 2. The molecule has 0 saturated carbocycles. The number of fused-ring (bicyclic) bond motifs is 1. The van der Waals surface area contributed by atoms with E-state index in [-0.39, 0.29) is 47.7 Å². The van der Waals surface area contributed by atoms with Crippen molar-refractivity contribution in [2.75, 3.05) is 30.6 Å². The zero-order chi connectivity index (χ0) is 34.3. The molecule has 4 aromatic carbocycles. The molecule has 1 heterocycles. The number of halogens is 2. The van der Waals surface area contributed by atoms with Gasteiger partial charge in [0.1, 0.15) is 31.6 Å². The number of sulfonamides is 1. The van der Waals surface area contributed by atoms with Gasteiger partial charge in [0.05, 0.1) is 10.6 Å². The third kappa shape index (κ3) is 8.73.